The molecule has 0 amide bonds. The first-order valence-electron chi connectivity index (χ1n) is 9.62. The summed E-state index contributed by atoms with van der Waals surface area (Å²) in [5, 5.41) is 0. The zero-order valence-electron chi connectivity index (χ0n) is 18.0. The van der Waals surface area contributed by atoms with Crippen molar-refractivity contribution in [3.63, 3.8) is 0 Å². The lowest BCUT2D eigenvalue weighted by molar-refractivity contribution is -0.159. The maximum atomic E-state index is 12.7. The average Bonchev–Trinajstić information content (AvgIpc) is 2.47. The number of rotatable bonds is 10. The van der Waals surface area contributed by atoms with Crippen molar-refractivity contribution in [3.8, 4) is 0 Å². The van der Waals surface area contributed by atoms with Gasteiger partial charge in [0.25, 0.3) is 0 Å². The summed E-state index contributed by atoms with van der Waals surface area (Å²) in [5.74, 6) is -0.521. The largest absolute Gasteiger partial charge is 0.465 e. The van der Waals surface area contributed by atoms with E-state index in [4.69, 9.17) is 9.47 Å². The normalized spacial score (nSPS) is 14.1. The number of hydrogen-bond acceptors (Lipinski definition) is 4. The summed E-state index contributed by atoms with van der Waals surface area (Å²) in [7, 11) is 0. The Morgan fingerprint density at radius 1 is 0.920 bits per heavy atom. The molecule has 0 saturated heterocycles. The van der Waals surface area contributed by atoms with Crippen molar-refractivity contribution >= 4 is 11.9 Å². The third-order valence-corrected chi connectivity index (χ3v) is 5.04. The van der Waals surface area contributed by atoms with E-state index >= 15 is 0 Å². The monoisotopic (exact) mass is 356 g/mol. The van der Waals surface area contributed by atoms with Gasteiger partial charge in [0, 0.05) is 6.42 Å². The Bertz CT molecular complexity index is 430. The fraction of sp³-hybridized carbons (Fsp3) is 0.905. The van der Waals surface area contributed by atoms with Gasteiger partial charge in [0.2, 0.25) is 0 Å². The minimum atomic E-state index is -0.476. The standard InChI is InChI=1S/C21H40O4/c1-10-20(6,7)15-16(21(8,9)11-2)18(23)24-14-12-13-17(22)25-19(3,4)5/h16H,10-15H2,1-9H3. The van der Waals surface area contributed by atoms with Crippen molar-refractivity contribution in [1.82, 2.24) is 0 Å². The highest BCUT2D eigenvalue weighted by molar-refractivity contribution is 5.73. The summed E-state index contributed by atoms with van der Waals surface area (Å²) >= 11 is 0. The predicted octanol–water partition coefficient (Wildman–Crippen LogP) is 5.53. The van der Waals surface area contributed by atoms with Crippen molar-refractivity contribution in [1.29, 1.82) is 0 Å². The molecule has 0 heterocycles. The van der Waals surface area contributed by atoms with Crippen LogP contribution in [0.3, 0.4) is 0 Å². The van der Waals surface area contributed by atoms with Crippen LogP contribution < -0.4 is 0 Å². The molecule has 0 bridgehead atoms. The Hall–Kier alpha value is -1.06. The van der Waals surface area contributed by atoms with Crippen LogP contribution in [0.15, 0.2) is 0 Å². The molecule has 0 saturated carbocycles. The van der Waals surface area contributed by atoms with Crippen LogP contribution in [0.4, 0.5) is 0 Å². The van der Waals surface area contributed by atoms with Gasteiger partial charge in [-0.1, -0.05) is 54.4 Å². The van der Waals surface area contributed by atoms with Crippen molar-refractivity contribution in [2.75, 3.05) is 6.61 Å². The Morgan fingerprint density at radius 3 is 1.92 bits per heavy atom. The molecule has 0 aliphatic rings. The number of esters is 2. The zero-order valence-corrected chi connectivity index (χ0v) is 18.0. The number of carbonyl (C=O) groups excluding carboxylic acids is 2. The molecule has 1 unspecified atom stereocenters. The molecule has 0 aromatic carbocycles. The van der Waals surface area contributed by atoms with Gasteiger partial charge in [-0.05, 0) is 44.4 Å². The van der Waals surface area contributed by atoms with Gasteiger partial charge in [-0.3, -0.25) is 9.59 Å². The van der Waals surface area contributed by atoms with Crippen LogP contribution >= 0.6 is 0 Å². The van der Waals surface area contributed by atoms with Gasteiger partial charge in [-0.25, -0.2) is 0 Å². The van der Waals surface area contributed by atoms with Crippen LogP contribution in [0.2, 0.25) is 0 Å². The number of carbonyl (C=O) groups is 2. The second-order valence-electron chi connectivity index (χ2n) is 9.47. The Labute approximate surface area is 155 Å². The zero-order chi connectivity index (χ0) is 19.9. The second kappa shape index (κ2) is 9.59. The van der Waals surface area contributed by atoms with E-state index < -0.39 is 5.60 Å². The van der Waals surface area contributed by atoms with E-state index in [1.165, 1.54) is 0 Å². The van der Waals surface area contributed by atoms with Gasteiger partial charge in [0.1, 0.15) is 5.60 Å². The van der Waals surface area contributed by atoms with Crippen LogP contribution in [0.5, 0.6) is 0 Å². The predicted molar refractivity (Wildman–Crippen MR) is 102 cm³/mol. The molecular formula is C21H40O4. The first-order chi connectivity index (χ1) is 11.2. The van der Waals surface area contributed by atoms with Crippen molar-refractivity contribution in [3.05, 3.63) is 0 Å². The van der Waals surface area contributed by atoms with E-state index in [0.29, 0.717) is 6.42 Å². The fourth-order valence-electron chi connectivity index (χ4n) is 2.50. The molecule has 0 aromatic rings. The van der Waals surface area contributed by atoms with Crippen LogP contribution in [0.1, 0.15) is 94.4 Å². The third-order valence-electron chi connectivity index (χ3n) is 5.04. The summed E-state index contributed by atoms with van der Waals surface area (Å²) in [6, 6.07) is 0. The molecule has 0 fully saturated rings. The maximum absolute atomic E-state index is 12.7. The van der Waals surface area contributed by atoms with Crippen molar-refractivity contribution in [2.24, 2.45) is 16.7 Å². The Kier molecular flexibility index (Phi) is 9.18. The Morgan fingerprint density at radius 2 is 1.48 bits per heavy atom. The van der Waals surface area contributed by atoms with E-state index in [2.05, 4.69) is 41.5 Å². The van der Waals surface area contributed by atoms with Crippen LogP contribution in [0.25, 0.3) is 0 Å². The summed E-state index contributed by atoms with van der Waals surface area (Å²) in [6.45, 7) is 18.7. The fourth-order valence-corrected chi connectivity index (χ4v) is 2.50. The quantitative estimate of drug-likeness (QED) is 0.381. The molecule has 0 N–H and O–H groups in total. The molecule has 0 rings (SSSR count). The molecule has 0 aromatic heterocycles. The van der Waals surface area contributed by atoms with Gasteiger partial charge in [-0.15, -0.1) is 0 Å². The lowest BCUT2D eigenvalue weighted by Gasteiger charge is -2.37. The third kappa shape index (κ3) is 9.86. The molecule has 4 heteroatoms. The first kappa shape index (κ1) is 23.9. The van der Waals surface area contributed by atoms with Crippen LogP contribution in [0, 0.1) is 16.7 Å². The molecule has 0 aliphatic heterocycles. The van der Waals surface area contributed by atoms with Gasteiger partial charge in [0.05, 0.1) is 12.5 Å². The van der Waals surface area contributed by atoms with Crippen molar-refractivity contribution < 1.29 is 19.1 Å². The van der Waals surface area contributed by atoms with E-state index in [1.807, 2.05) is 20.8 Å². The van der Waals surface area contributed by atoms with E-state index in [1.54, 1.807) is 0 Å². The van der Waals surface area contributed by atoms with E-state index in [9.17, 15) is 9.59 Å². The highest BCUT2D eigenvalue weighted by atomic mass is 16.6. The molecule has 0 radical (unpaired) electrons. The molecular weight excluding hydrogens is 316 g/mol. The van der Waals surface area contributed by atoms with E-state index in [-0.39, 0.29) is 41.7 Å². The average molecular weight is 357 g/mol. The summed E-state index contributed by atoms with van der Waals surface area (Å²) in [5.41, 5.74) is -0.475. The van der Waals surface area contributed by atoms with Crippen molar-refractivity contribution in [2.45, 2.75) is 100 Å². The van der Waals surface area contributed by atoms with Gasteiger partial charge >= 0.3 is 11.9 Å². The molecule has 4 nitrogen and oxygen atoms in total. The first-order valence-corrected chi connectivity index (χ1v) is 9.62. The van der Waals surface area contributed by atoms with Crippen LogP contribution in [-0.2, 0) is 19.1 Å². The smallest absolute Gasteiger partial charge is 0.309 e. The minimum Gasteiger partial charge on any atom is -0.465 e. The second-order valence-corrected chi connectivity index (χ2v) is 9.47. The van der Waals surface area contributed by atoms with Crippen LogP contribution in [-0.4, -0.2) is 24.1 Å². The summed E-state index contributed by atoms with van der Waals surface area (Å²) < 4.78 is 10.8. The molecule has 0 spiro atoms. The lowest BCUT2D eigenvalue weighted by Crippen LogP contribution is -2.36. The van der Waals surface area contributed by atoms with Gasteiger partial charge in [0.15, 0.2) is 0 Å². The molecule has 1 atom stereocenters. The summed E-state index contributed by atoms with van der Waals surface area (Å²) in [6.07, 6.45) is 3.53. The minimum absolute atomic E-state index is 0.102. The van der Waals surface area contributed by atoms with Gasteiger partial charge < -0.3 is 9.47 Å². The number of ether oxygens (including phenoxy) is 2. The Balaban J connectivity index is 4.61. The molecule has 0 aliphatic carbocycles. The molecule has 148 valence electrons. The summed E-state index contributed by atoms with van der Waals surface area (Å²) in [4.78, 5) is 24.4. The SMILES string of the molecule is CCC(C)(C)CC(C(=O)OCCCC(=O)OC(C)(C)C)C(C)(C)CC. The highest BCUT2D eigenvalue weighted by Gasteiger charge is 2.38. The molecule has 25 heavy (non-hydrogen) atoms. The maximum Gasteiger partial charge on any atom is 0.309 e. The van der Waals surface area contributed by atoms with E-state index in [0.717, 1.165) is 19.3 Å². The lowest BCUT2D eigenvalue weighted by atomic mass is 9.68. The highest BCUT2D eigenvalue weighted by Crippen LogP contribution is 2.40. The number of hydrogen-bond donors (Lipinski definition) is 0. The topological polar surface area (TPSA) is 52.6 Å². The van der Waals surface area contributed by atoms with Gasteiger partial charge in [-0.2, -0.15) is 0 Å².